The minimum Gasteiger partial charge on any atom is -0.497 e. The van der Waals surface area contributed by atoms with Crippen LogP contribution in [0.4, 0.5) is 5.82 Å². The normalized spacial score (nSPS) is 10.8. The van der Waals surface area contributed by atoms with Crippen LogP contribution in [-0.4, -0.2) is 23.6 Å². The number of pyridine rings is 1. The highest BCUT2D eigenvalue weighted by atomic mass is 16.5. The van der Waals surface area contributed by atoms with Gasteiger partial charge >= 0.3 is 0 Å². The van der Waals surface area contributed by atoms with Gasteiger partial charge in [0, 0.05) is 11.8 Å². The van der Waals surface area contributed by atoms with Crippen molar-refractivity contribution in [2.45, 2.75) is 6.92 Å². The molecule has 108 valence electrons. The zero-order valence-corrected chi connectivity index (χ0v) is 12.3. The first kappa shape index (κ1) is 13.3. The third kappa shape index (κ3) is 2.16. The van der Waals surface area contributed by atoms with Gasteiger partial charge in [-0.25, -0.2) is 4.98 Å². The van der Waals surface area contributed by atoms with E-state index >= 15 is 0 Å². The van der Waals surface area contributed by atoms with Crippen LogP contribution in [0.3, 0.4) is 0 Å². The summed E-state index contributed by atoms with van der Waals surface area (Å²) in [5.41, 5.74) is 9.69. The number of rotatable bonds is 3. The van der Waals surface area contributed by atoms with Gasteiger partial charge in [0.1, 0.15) is 28.7 Å². The lowest BCUT2D eigenvalue weighted by atomic mass is 10.1. The fourth-order valence-electron chi connectivity index (χ4n) is 2.37. The molecule has 1 aromatic carbocycles. The number of fused-ring (bicyclic) bond motifs is 1. The molecule has 5 heteroatoms. The van der Waals surface area contributed by atoms with Crippen molar-refractivity contribution in [1.82, 2.24) is 9.38 Å². The van der Waals surface area contributed by atoms with Gasteiger partial charge in [0.2, 0.25) is 0 Å². The lowest BCUT2D eigenvalue weighted by Crippen LogP contribution is -1.96. The molecule has 0 aliphatic carbocycles. The van der Waals surface area contributed by atoms with E-state index in [-0.39, 0.29) is 0 Å². The summed E-state index contributed by atoms with van der Waals surface area (Å²) in [6.45, 7) is 2.02. The molecule has 0 unspecified atom stereocenters. The number of nitrogens with zero attached hydrogens (tertiary/aromatic N) is 2. The number of aromatic nitrogens is 2. The quantitative estimate of drug-likeness (QED) is 0.803. The molecule has 0 saturated heterocycles. The number of benzene rings is 1. The number of hydrogen-bond donors (Lipinski definition) is 1. The number of ether oxygens (including phenoxy) is 2. The van der Waals surface area contributed by atoms with Gasteiger partial charge in [-0.2, -0.15) is 0 Å². The third-order valence-corrected chi connectivity index (χ3v) is 3.47. The molecule has 2 heterocycles. The lowest BCUT2D eigenvalue weighted by Gasteiger charge is -2.09. The van der Waals surface area contributed by atoms with Gasteiger partial charge in [0.05, 0.1) is 14.2 Å². The molecule has 21 heavy (non-hydrogen) atoms. The van der Waals surface area contributed by atoms with Crippen LogP contribution in [0.5, 0.6) is 11.5 Å². The van der Waals surface area contributed by atoms with Crippen molar-refractivity contribution < 1.29 is 9.47 Å². The average molecular weight is 283 g/mol. The minimum absolute atomic E-state index is 0.584. The number of anilines is 1. The Morgan fingerprint density at radius 3 is 2.62 bits per heavy atom. The van der Waals surface area contributed by atoms with Crippen LogP contribution in [-0.2, 0) is 0 Å². The predicted molar refractivity (Wildman–Crippen MR) is 82.9 cm³/mol. The van der Waals surface area contributed by atoms with Crippen molar-refractivity contribution in [3.8, 4) is 22.8 Å². The van der Waals surface area contributed by atoms with Gasteiger partial charge in [-0.15, -0.1) is 0 Å². The van der Waals surface area contributed by atoms with E-state index in [9.17, 15) is 0 Å². The van der Waals surface area contributed by atoms with Crippen LogP contribution in [0.25, 0.3) is 16.9 Å². The first-order valence-corrected chi connectivity index (χ1v) is 6.60. The maximum Gasteiger partial charge on any atom is 0.139 e. The van der Waals surface area contributed by atoms with Crippen molar-refractivity contribution >= 4 is 11.5 Å². The van der Waals surface area contributed by atoms with E-state index in [4.69, 9.17) is 15.2 Å². The zero-order valence-electron chi connectivity index (χ0n) is 12.3. The zero-order chi connectivity index (χ0) is 15.0. The number of nitrogen functional groups attached to an aromatic ring is 1. The van der Waals surface area contributed by atoms with Gasteiger partial charge in [-0.05, 0) is 36.8 Å². The Kier molecular flexibility index (Phi) is 3.17. The molecule has 3 aromatic rings. The minimum atomic E-state index is 0.584. The summed E-state index contributed by atoms with van der Waals surface area (Å²) in [5, 5.41) is 0. The smallest absolute Gasteiger partial charge is 0.139 e. The van der Waals surface area contributed by atoms with Gasteiger partial charge in [-0.3, -0.25) is 4.40 Å². The average Bonchev–Trinajstić information content (AvgIpc) is 2.83. The summed E-state index contributed by atoms with van der Waals surface area (Å²) in [6.07, 6.45) is 1.97. The molecular formula is C16H17N3O2. The second-order valence-corrected chi connectivity index (χ2v) is 4.85. The highest BCUT2D eigenvalue weighted by Crippen LogP contribution is 2.36. The molecule has 0 amide bonds. The topological polar surface area (TPSA) is 61.8 Å². The molecule has 3 rings (SSSR count). The van der Waals surface area contributed by atoms with E-state index in [0.717, 1.165) is 22.5 Å². The monoisotopic (exact) mass is 283 g/mol. The van der Waals surface area contributed by atoms with Crippen molar-refractivity contribution in [1.29, 1.82) is 0 Å². The molecule has 2 N–H and O–H groups in total. The lowest BCUT2D eigenvalue weighted by molar-refractivity contribution is 0.404. The standard InChI is InChI=1S/C16H17N3O2/c1-10-4-7-14-18-15(16(17)19(14)9-10)12-8-11(20-2)5-6-13(12)21-3/h4-9H,17H2,1-3H3. The number of imidazole rings is 1. The molecule has 0 atom stereocenters. The van der Waals surface area contributed by atoms with Crippen LogP contribution in [0.1, 0.15) is 5.56 Å². The van der Waals surface area contributed by atoms with Gasteiger partial charge in [0.15, 0.2) is 0 Å². The van der Waals surface area contributed by atoms with Crippen molar-refractivity contribution in [3.05, 3.63) is 42.1 Å². The Morgan fingerprint density at radius 2 is 1.90 bits per heavy atom. The molecule has 0 fully saturated rings. The van der Waals surface area contributed by atoms with E-state index < -0.39 is 0 Å². The second kappa shape index (κ2) is 5.01. The molecule has 0 saturated carbocycles. The molecule has 0 bridgehead atoms. The third-order valence-electron chi connectivity index (χ3n) is 3.47. The Bertz CT molecular complexity index is 809. The van der Waals surface area contributed by atoms with Crippen LogP contribution >= 0.6 is 0 Å². The molecule has 0 spiro atoms. The molecular weight excluding hydrogens is 266 g/mol. The van der Waals surface area contributed by atoms with E-state index in [2.05, 4.69) is 4.98 Å². The summed E-state index contributed by atoms with van der Waals surface area (Å²) in [6, 6.07) is 9.53. The van der Waals surface area contributed by atoms with Crippen molar-refractivity contribution in [2.75, 3.05) is 20.0 Å². The number of nitrogens with two attached hydrogens (primary N) is 1. The molecule has 2 aromatic heterocycles. The Balaban J connectivity index is 2.27. The van der Waals surface area contributed by atoms with Gasteiger partial charge < -0.3 is 15.2 Å². The van der Waals surface area contributed by atoms with Crippen LogP contribution in [0.2, 0.25) is 0 Å². The Morgan fingerprint density at radius 1 is 1.10 bits per heavy atom. The SMILES string of the molecule is COc1ccc(OC)c(-c2nc3ccc(C)cn3c2N)c1. The van der Waals surface area contributed by atoms with Crippen LogP contribution < -0.4 is 15.2 Å². The Hall–Kier alpha value is -2.69. The molecule has 0 aliphatic rings. The van der Waals surface area contributed by atoms with Crippen molar-refractivity contribution in [2.24, 2.45) is 0 Å². The van der Waals surface area contributed by atoms with E-state index in [0.29, 0.717) is 17.3 Å². The fraction of sp³-hybridized carbons (Fsp3) is 0.188. The van der Waals surface area contributed by atoms with Crippen LogP contribution in [0, 0.1) is 6.92 Å². The highest BCUT2D eigenvalue weighted by Gasteiger charge is 2.16. The van der Waals surface area contributed by atoms with Crippen molar-refractivity contribution in [3.63, 3.8) is 0 Å². The van der Waals surface area contributed by atoms with E-state index in [1.807, 2.05) is 47.9 Å². The number of hydrogen-bond acceptors (Lipinski definition) is 4. The van der Waals surface area contributed by atoms with Crippen LogP contribution in [0.15, 0.2) is 36.5 Å². The second-order valence-electron chi connectivity index (χ2n) is 4.85. The summed E-state index contributed by atoms with van der Waals surface area (Å²) < 4.78 is 12.6. The first-order valence-electron chi connectivity index (χ1n) is 6.60. The van der Waals surface area contributed by atoms with E-state index in [1.165, 1.54) is 0 Å². The summed E-state index contributed by atoms with van der Waals surface area (Å²) >= 11 is 0. The maximum absolute atomic E-state index is 6.26. The molecule has 0 aliphatic heterocycles. The summed E-state index contributed by atoms with van der Waals surface area (Å²) in [7, 11) is 3.25. The summed E-state index contributed by atoms with van der Waals surface area (Å²) in [5.74, 6) is 2.03. The Labute approximate surface area is 122 Å². The molecule has 5 nitrogen and oxygen atoms in total. The summed E-state index contributed by atoms with van der Waals surface area (Å²) in [4.78, 5) is 4.61. The van der Waals surface area contributed by atoms with E-state index in [1.54, 1.807) is 14.2 Å². The molecule has 0 radical (unpaired) electrons. The highest BCUT2D eigenvalue weighted by molar-refractivity contribution is 5.80. The van der Waals surface area contributed by atoms with Gasteiger partial charge in [0.25, 0.3) is 0 Å². The largest absolute Gasteiger partial charge is 0.497 e. The first-order chi connectivity index (χ1) is 10.1. The van der Waals surface area contributed by atoms with Gasteiger partial charge in [-0.1, -0.05) is 6.07 Å². The predicted octanol–water partition coefficient (Wildman–Crippen LogP) is 2.91. The number of aryl methyl sites for hydroxylation is 1. The maximum atomic E-state index is 6.26. The fourth-order valence-corrected chi connectivity index (χ4v) is 2.37. The number of methoxy groups -OCH3 is 2.